The Balaban J connectivity index is 2.80. The van der Waals surface area contributed by atoms with Gasteiger partial charge in [-0.05, 0) is 38.5 Å². The molecular weight excluding hydrogens is 252 g/mol. The van der Waals surface area contributed by atoms with E-state index in [9.17, 15) is 4.79 Å². The summed E-state index contributed by atoms with van der Waals surface area (Å²) in [7, 11) is 1.58. The summed E-state index contributed by atoms with van der Waals surface area (Å²) in [4.78, 5) is 11.9. The average Bonchev–Trinajstić information content (AvgIpc) is 2.25. The number of anilines is 2. The van der Waals surface area contributed by atoms with Crippen LogP contribution in [0.15, 0.2) is 12.1 Å². The van der Waals surface area contributed by atoms with E-state index >= 15 is 0 Å². The molecule has 4 nitrogen and oxygen atoms in total. The molecular formula is C13H19ClN2O2. The highest BCUT2D eigenvalue weighted by Gasteiger charge is 2.21. The van der Waals surface area contributed by atoms with Crippen molar-refractivity contribution < 1.29 is 9.53 Å². The maximum atomic E-state index is 11.9. The van der Waals surface area contributed by atoms with Crippen LogP contribution in [-0.2, 0) is 9.53 Å². The molecule has 100 valence electrons. The van der Waals surface area contributed by atoms with Gasteiger partial charge in [0.05, 0.1) is 22.7 Å². The molecule has 5 heteroatoms. The van der Waals surface area contributed by atoms with Crippen LogP contribution in [0, 0.1) is 6.92 Å². The zero-order chi connectivity index (χ0) is 13.9. The van der Waals surface area contributed by atoms with Crippen molar-refractivity contribution in [3.8, 4) is 0 Å². The third-order valence-corrected chi connectivity index (χ3v) is 3.08. The fourth-order valence-electron chi connectivity index (χ4n) is 1.49. The number of rotatable bonds is 4. The van der Waals surface area contributed by atoms with Gasteiger partial charge in [-0.1, -0.05) is 11.6 Å². The lowest BCUT2D eigenvalue weighted by Gasteiger charge is -2.22. The Bertz CT molecular complexity index is 459. The van der Waals surface area contributed by atoms with E-state index in [4.69, 9.17) is 22.1 Å². The van der Waals surface area contributed by atoms with Gasteiger partial charge >= 0.3 is 0 Å². The molecule has 3 N–H and O–H groups in total. The summed E-state index contributed by atoms with van der Waals surface area (Å²) < 4.78 is 5.21. The molecule has 0 aromatic heterocycles. The number of amides is 1. The van der Waals surface area contributed by atoms with E-state index < -0.39 is 5.60 Å². The molecule has 1 aromatic rings. The first kappa shape index (κ1) is 14.8. The molecule has 18 heavy (non-hydrogen) atoms. The number of hydrogen-bond donors (Lipinski definition) is 2. The number of carbonyl (C=O) groups excluding carboxylic acids is 1. The average molecular weight is 271 g/mol. The summed E-state index contributed by atoms with van der Waals surface area (Å²) in [5.41, 5.74) is 7.24. The van der Waals surface area contributed by atoms with Gasteiger partial charge in [-0.15, -0.1) is 0 Å². The molecule has 1 rings (SSSR count). The molecule has 0 saturated carbocycles. The Morgan fingerprint density at radius 1 is 1.50 bits per heavy atom. The van der Waals surface area contributed by atoms with Crippen LogP contribution in [0.3, 0.4) is 0 Å². The summed E-state index contributed by atoms with van der Waals surface area (Å²) >= 11 is 5.93. The molecule has 0 saturated heterocycles. The fraction of sp³-hybridized carbons (Fsp3) is 0.462. The van der Waals surface area contributed by atoms with E-state index in [1.54, 1.807) is 19.2 Å². The number of methoxy groups -OCH3 is 1. The normalized spacial score (nSPS) is 11.4. The zero-order valence-corrected chi connectivity index (χ0v) is 11.9. The Morgan fingerprint density at radius 2 is 2.11 bits per heavy atom. The Labute approximate surface area is 112 Å². The second-order valence-corrected chi connectivity index (χ2v) is 5.28. The van der Waals surface area contributed by atoms with Gasteiger partial charge in [-0.3, -0.25) is 4.79 Å². The number of benzene rings is 1. The predicted octanol–water partition coefficient (Wildman–Crippen LogP) is 2.98. The number of nitrogens with one attached hydrogen (secondary N) is 1. The summed E-state index contributed by atoms with van der Waals surface area (Å²) in [5.74, 6) is -0.120. The Morgan fingerprint density at radius 3 is 2.67 bits per heavy atom. The topological polar surface area (TPSA) is 64.3 Å². The highest BCUT2D eigenvalue weighted by molar-refractivity contribution is 6.33. The van der Waals surface area contributed by atoms with Crippen LogP contribution in [0.1, 0.15) is 25.8 Å². The fourth-order valence-corrected chi connectivity index (χ4v) is 1.66. The number of ether oxygens (including phenoxy) is 1. The van der Waals surface area contributed by atoms with Crippen molar-refractivity contribution in [3.63, 3.8) is 0 Å². The van der Waals surface area contributed by atoms with Crippen LogP contribution in [0.25, 0.3) is 0 Å². The highest BCUT2D eigenvalue weighted by Crippen LogP contribution is 2.27. The minimum atomic E-state index is -0.490. The molecule has 1 aromatic carbocycles. The van der Waals surface area contributed by atoms with Gasteiger partial charge in [0, 0.05) is 12.8 Å². The monoisotopic (exact) mass is 270 g/mol. The van der Waals surface area contributed by atoms with Gasteiger partial charge in [0.25, 0.3) is 0 Å². The van der Waals surface area contributed by atoms with Crippen LogP contribution >= 0.6 is 11.6 Å². The van der Waals surface area contributed by atoms with Crippen LogP contribution in [0.5, 0.6) is 0 Å². The van der Waals surface area contributed by atoms with E-state index in [1.807, 2.05) is 20.8 Å². The van der Waals surface area contributed by atoms with Crippen molar-refractivity contribution in [1.82, 2.24) is 0 Å². The first-order chi connectivity index (χ1) is 8.25. The Hall–Kier alpha value is -1.26. The molecule has 1 amide bonds. The maximum absolute atomic E-state index is 11.9. The standard InChI is InChI=1S/C13H19ClN2O2/c1-8-5-10(15)9(14)6-11(8)16-12(17)7-13(2,3)18-4/h5-6H,7,15H2,1-4H3,(H,16,17). The molecule has 0 spiro atoms. The van der Waals surface area contributed by atoms with Gasteiger partial charge in [0.15, 0.2) is 0 Å². The molecule has 0 aliphatic rings. The predicted molar refractivity (Wildman–Crippen MR) is 74.9 cm³/mol. The summed E-state index contributed by atoms with van der Waals surface area (Å²) in [6, 6.07) is 3.39. The van der Waals surface area contributed by atoms with Gasteiger partial charge < -0.3 is 15.8 Å². The van der Waals surface area contributed by atoms with E-state index in [0.29, 0.717) is 16.4 Å². The molecule has 0 bridgehead atoms. The van der Waals surface area contributed by atoms with Gasteiger partial charge in [-0.2, -0.15) is 0 Å². The van der Waals surface area contributed by atoms with E-state index in [1.165, 1.54) is 0 Å². The van der Waals surface area contributed by atoms with Crippen molar-refractivity contribution in [2.45, 2.75) is 32.8 Å². The number of halogens is 1. The SMILES string of the molecule is COC(C)(C)CC(=O)Nc1cc(Cl)c(N)cc1C. The second kappa shape index (κ2) is 5.59. The molecule has 0 unspecified atom stereocenters. The number of aryl methyl sites for hydroxylation is 1. The minimum Gasteiger partial charge on any atom is -0.398 e. The highest BCUT2D eigenvalue weighted by atomic mass is 35.5. The molecule has 0 heterocycles. The van der Waals surface area contributed by atoms with Crippen molar-refractivity contribution in [1.29, 1.82) is 0 Å². The number of nitrogens with two attached hydrogens (primary N) is 1. The molecule has 0 aliphatic carbocycles. The van der Waals surface area contributed by atoms with E-state index in [-0.39, 0.29) is 12.3 Å². The smallest absolute Gasteiger partial charge is 0.227 e. The zero-order valence-electron chi connectivity index (χ0n) is 11.1. The minimum absolute atomic E-state index is 0.120. The first-order valence-electron chi connectivity index (χ1n) is 5.66. The molecule has 0 fully saturated rings. The van der Waals surface area contributed by atoms with E-state index in [2.05, 4.69) is 5.32 Å². The molecule has 0 atom stereocenters. The van der Waals surface area contributed by atoms with Crippen molar-refractivity contribution in [2.75, 3.05) is 18.2 Å². The first-order valence-corrected chi connectivity index (χ1v) is 6.03. The summed E-state index contributed by atoms with van der Waals surface area (Å²) in [6.45, 7) is 5.58. The molecule has 0 aliphatic heterocycles. The largest absolute Gasteiger partial charge is 0.398 e. The van der Waals surface area contributed by atoms with Gasteiger partial charge in [0.2, 0.25) is 5.91 Å². The lowest BCUT2D eigenvalue weighted by Crippen LogP contribution is -2.29. The van der Waals surface area contributed by atoms with Gasteiger partial charge in [-0.25, -0.2) is 0 Å². The number of nitrogen functional groups attached to an aromatic ring is 1. The van der Waals surface area contributed by atoms with Crippen LogP contribution in [0.4, 0.5) is 11.4 Å². The lowest BCUT2D eigenvalue weighted by atomic mass is 10.0. The summed E-state index contributed by atoms with van der Waals surface area (Å²) in [6.07, 6.45) is 0.269. The van der Waals surface area contributed by atoms with E-state index in [0.717, 1.165) is 5.56 Å². The van der Waals surface area contributed by atoms with Crippen molar-refractivity contribution in [3.05, 3.63) is 22.7 Å². The van der Waals surface area contributed by atoms with Crippen LogP contribution in [-0.4, -0.2) is 18.6 Å². The molecule has 0 radical (unpaired) electrons. The Kier molecular flexibility index (Phi) is 4.59. The third kappa shape index (κ3) is 3.89. The second-order valence-electron chi connectivity index (χ2n) is 4.88. The number of carbonyl (C=O) groups is 1. The summed E-state index contributed by atoms with van der Waals surface area (Å²) in [5, 5.41) is 3.24. The number of hydrogen-bond acceptors (Lipinski definition) is 3. The van der Waals surface area contributed by atoms with Gasteiger partial charge in [0.1, 0.15) is 0 Å². The van der Waals surface area contributed by atoms with Crippen molar-refractivity contribution >= 4 is 28.9 Å². The lowest BCUT2D eigenvalue weighted by molar-refractivity contribution is -0.121. The maximum Gasteiger partial charge on any atom is 0.227 e. The third-order valence-electron chi connectivity index (χ3n) is 2.76. The van der Waals surface area contributed by atoms with Crippen LogP contribution < -0.4 is 11.1 Å². The van der Waals surface area contributed by atoms with Crippen molar-refractivity contribution in [2.24, 2.45) is 0 Å². The quantitative estimate of drug-likeness (QED) is 0.827. The van der Waals surface area contributed by atoms with Crippen LogP contribution in [0.2, 0.25) is 5.02 Å².